The van der Waals surface area contributed by atoms with E-state index < -0.39 is 185 Å². The summed E-state index contributed by atoms with van der Waals surface area (Å²) in [6, 6.07) is 77.0. The number of ether oxygens (including phenoxy) is 16. The highest BCUT2D eigenvalue weighted by atomic mass is 16.7. The predicted molar refractivity (Wildman–Crippen MR) is 427 cm³/mol. The zero-order valence-corrected chi connectivity index (χ0v) is 64.9. The second-order valence-electron chi connectivity index (χ2n) is 27.1. The number of rotatable bonds is 37. The highest BCUT2D eigenvalue weighted by Gasteiger charge is 2.57. The number of azide groups is 1. The van der Waals surface area contributed by atoms with Gasteiger partial charge in [0.1, 0.15) is 44.4 Å². The smallest absolute Gasteiger partial charge is 0.338 e. The average Bonchev–Trinajstić information content (AvgIpc) is 0.771. The van der Waals surface area contributed by atoms with Crippen LogP contribution >= 0.6 is 0 Å². The van der Waals surface area contributed by atoms with Gasteiger partial charge in [0.05, 0.1) is 81.6 Å². The molecule has 620 valence electrons. The van der Waals surface area contributed by atoms with E-state index in [-0.39, 0.29) is 62.2 Å². The highest BCUT2D eigenvalue weighted by Crippen LogP contribution is 2.37. The first kappa shape index (κ1) is 86.3. The normalized spacial score (nSPS) is 19.4. The van der Waals surface area contributed by atoms with Crippen molar-refractivity contribution in [3.05, 3.63) is 369 Å². The van der Waals surface area contributed by atoms with Gasteiger partial charge in [0.15, 0.2) is 55.1 Å². The van der Waals surface area contributed by atoms with Crippen molar-refractivity contribution in [2.45, 2.75) is 92.6 Å². The maximum absolute atomic E-state index is 15.0. The van der Waals surface area contributed by atoms with Crippen LogP contribution in [0.25, 0.3) is 10.4 Å². The number of nitrogens with zero attached hydrogens (tertiary/aromatic N) is 3. The van der Waals surface area contributed by atoms with Gasteiger partial charge in [-0.3, -0.25) is 0 Å². The first-order valence-corrected chi connectivity index (χ1v) is 38.3. The van der Waals surface area contributed by atoms with Gasteiger partial charge < -0.3 is 75.8 Å². The molecule has 0 aromatic heterocycles. The molecule has 10 aromatic carbocycles. The fourth-order valence-corrected chi connectivity index (χ4v) is 12.9. The molecule has 2 aliphatic heterocycles. The van der Waals surface area contributed by atoms with Gasteiger partial charge >= 0.3 is 59.7 Å². The van der Waals surface area contributed by atoms with E-state index in [1.54, 1.807) is 182 Å². The van der Waals surface area contributed by atoms with Gasteiger partial charge in [-0.2, -0.15) is 0 Å². The molecule has 0 spiro atoms. The third-order valence-corrected chi connectivity index (χ3v) is 19.0. The fourth-order valence-electron chi connectivity index (χ4n) is 12.9. The zero-order chi connectivity index (χ0) is 84.7. The van der Waals surface area contributed by atoms with Crippen LogP contribution in [0.5, 0.6) is 0 Å². The van der Waals surface area contributed by atoms with Gasteiger partial charge in [-0.25, -0.2) is 47.9 Å². The number of carbonyl (C=O) groups is 10. The summed E-state index contributed by atoms with van der Waals surface area (Å²) in [5.74, 6) is -9.79. The lowest BCUT2D eigenvalue weighted by atomic mass is 9.91. The van der Waals surface area contributed by atoms with Crippen LogP contribution in [0, 0.1) is 0 Å². The number of esters is 10. The maximum atomic E-state index is 15.0. The van der Waals surface area contributed by atoms with Crippen molar-refractivity contribution in [1.82, 2.24) is 0 Å². The summed E-state index contributed by atoms with van der Waals surface area (Å²) in [5, 5.41) is 3.59. The Hall–Kier alpha value is -14.0. The van der Waals surface area contributed by atoms with Crippen LogP contribution in [-0.4, -0.2) is 192 Å². The Bertz CT molecular complexity index is 5110. The van der Waals surface area contributed by atoms with Crippen molar-refractivity contribution in [2.24, 2.45) is 5.11 Å². The van der Waals surface area contributed by atoms with E-state index in [1.165, 1.54) is 128 Å². The minimum atomic E-state index is -1.93. The molecule has 10 aromatic rings. The summed E-state index contributed by atoms with van der Waals surface area (Å²) in [6.45, 7) is -3.31. The summed E-state index contributed by atoms with van der Waals surface area (Å²) in [4.78, 5) is 148. The van der Waals surface area contributed by atoms with E-state index >= 15 is 0 Å². The molecule has 0 aliphatic carbocycles. The first-order chi connectivity index (χ1) is 59.1. The lowest BCUT2D eigenvalue weighted by Gasteiger charge is -2.47. The predicted octanol–water partition coefficient (Wildman–Crippen LogP) is 13.1. The summed E-state index contributed by atoms with van der Waals surface area (Å²) in [7, 11) is 0. The molecule has 2 saturated heterocycles. The van der Waals surface area contributed by atoms with Gasteiger partial charge in [-0.1, -0.05) is 187 Å². The van der Waals surface area contributed by atoms with Crippen LogP contribution in [0.15, 0.2) is 308 Å². The van der Waals surface area contributed by atoms with Crippen molar-refractivity contribution in [2.75, 3.05) is 46.4 Å². The Balaban J connectivity index is 0.940. The van der Waals surface area contributed by atoms with Crippen molar-refractivity contribution in [1.29, 1.82) is 0 Å². The summed E-state index contributed by atoms with van der Waals surface area (Å²) >= 11 is 0. The topological polar surface area (TPSA) is 367 Å². The fraction of sp³-hybridized carbons (Fsp3) is 0.239. The van der Waals surface area contributed by atoms with Crippen LogP contribution in [0.2, 0.25) is 0 Å². The molecule has 29 nitrogen and oxygen atoms in total. The Morgan fingerprint density at radius 3 is 1.00 bits per heavy atom. The molecule has 0 saturated carbocycles. The van der Waals surface area contributed by atoms with Crippen LogP contribution in [-0.2, 0) is 75.8 Å². The minimum Gasteiger partial charge on any atom is -0.459 e. The third kappa shape index (κ3) is 24.1. The Kier molecular flexibility index (Phi) is 31.4. The molecule has 2 fully saturated rings. The molecule has 2 heterocycles. The van der Waals surface area contributed by atoms with Crippen molar-refractivity contribution >= 4 is 59.7 Å². The van der Waals surface area contributed by atoms with Gasteiger partial charge in [0, 0.05) is 11.5 Å². The van der Waals surface area contributed by atoms with Crippen LogP contribution in [0.1, 0.15) is 111 Å². The minimum absolute atomic E-state index is 0.00822. The van der Waals surface area contributed by atoms with Gasteiger partial charge in [0.25, 0.3) is 0 Å². The van der Waals surface area contributed by atoms with Gasteiger partial charge in [0.2, 0.25) is 0 Å². The van der Waals surface area contributed by atoms with Crippen LogP contribution < -0.4 is 0 Å². The molecule has 121 heavy (non-hydrogen) atoms. The molecule has 14 atom stereocenters. The van der Waals surface area contributed by atoms with E-state index in [1.807, 2.05) is 0 Å². The Morgan fingerprint density at radius 1 is 0.339 bits per heavy atom. The SMILES string of the molecule is CC(OC[C@H]1O[C@@H](OCCN=[N+]=[N-])[C@H](OC(=O)c2ccccc2)[C@@H](OC(=O)c2ccccc2)[C@@H]1OC(=O)c1ccccc1)[C@@H]1O[C@H](COCO[C@H](COC(=O)c2ccccc2)[C@@H](OC(=O)c2ccccc2)[C@@H](COC(=O)c2ccccc2)OC(=O)c2ccccc2)[C@@H](OC(=O)c2ccccc2)[C@H](OC(=O)c2ccccc2)[C@H]1OC(=O)c1ccccc1. The molecule has 0 amide bonds. The number of benzene rings is 10. The molecular weight excluding hydrogens is 1560 g/mol. The second-order valence-corrected chi connectivity index (χ2v) is 27.1. The second kappa shape index (κ2) is 44.0. The molecule has 1 unspecified atom stereocenters. The van der Waals surface area contributed by atoms with E-state index in [9.17, 15) is 53.5 Å². The third-order valence-electron chi connectivity index (χ3n) is 19.0. The lowest BCUT2D eigenvalue weighted by molar-refractivity contribution is -0.305. The monoisotopic (exact) mass is 1640 g/mol. The Morgan fingerprint density at radius 2 is 0.636 bits per heavy atom. The highest BCUT2D eigenvalue weighted by molar-refractivity contribution is 5.95. The van der Waals surface area contributed by atoms with E-state index in [0.29, 0.717) is 0 Å². The maximum Gasteiger partial charge on any atom is 0.338 e. The molecule has 12 rings (SSSR count). The molecule has 0 radical (unpaired) electrons. The molecule has 2 aliphatic rings. The first-order valence-electron chi connectivity index (χ1n) is 38.3. The Labute approximate surface area is 693 Å². The summed E-state index contributed by atoms with van der Waals surface area (Å²) in [5.41, 5.74) is 9.52. The number of hydrogen-bond acceptors (Lipinski definition) is 27. The van der Waals surface area contributed by atoms with Crippen molar-refractivity contribution in [3.8, 4) is 0 Å². The van der Waals surface area contributed by atoms with Crippen molar-refractivity contribution in [3.63, 3.8) is 0 Å². The quantitative estimate of drug-likeness (QED) is 0.00664. The zero-order valence-electron chi connectivity index (χ0n) is 64.9. The van der Waals surface area contributed by atoms with E-state index in [0.717, 1.165) is 0 Å². The summed E-state index contributed by atoms with van der Waals surface area (Å²) in [6.07, 6.45) is -24.9. The molecule has 29 heteroatoms. The van der Waals surface area contributed by atoms with Gasteiger partial charge in [-0.15, -0.1) is 0 Å². The summed E-state index contributed by atoms with van der Waals surface area (Å²) < 4.78 is 102. The number of hydrogen-bond donors (Lipinski definition) is 0. The number of carbonyl (C=O) groups excluding carboxylic acids is 10. The van der Waals surface area contributed by atoms with Crippen LogP contribution in [0.3, 0.4) is 0 Å². The molecule has 0 bridgehead atoms. The molecular formula is C92H81N3O26. The average molecular weight is 1640 g/mol. The standard InChI is InChI=1S/C92H81N3O26/c1-59(108-56-73-77(117-87(101)65-42-22-7-23-43-65)80(120-90(104)68-48-28-10-29-49-68)81(92(114-73)107-53-52-94-95-93)121-91(105)69-50-30-11-31-51-69)74-78(118-88(102)66-44-24-8-25-45-66)79(119-89(103)67-46-26-9-27-47-67)76(116-86(100)64-40-20-6-21-41-64)71(112-74)54-106-58-111-70(55-109-82(96)60-32-12-2-13-33-60)75(115-85(99)63-38-18-5-19-39-63)72(113-84(98)62-36-16-4-17-37-62)57-110-83(97)61-34-14-3-15-35-61/h2-51,59,70-81,92H,52-58H2,1H3/t59?,70-,71-,72-,73-,74+,75-,76-,77-,78+,79+,80+,81-,92-/m1/s1. The van der Waals surface area contributed by atoms with E-state index in [2.05, 4.69) is 10.0 Å². The van der Waals surface area contributed by atoms with E-state index in [4.69, 9.17) is 75.8 Å². The molecule has 0 N–H and O–H groups in total. The largest absolute Gasteiger partial charge is 0.459 e. The van der Waals surface area contributed by atoms with Gasteiger partial charge in [-0.05, 0) is 134 Å². The van der Waals surface area contributed by atoms with Crippen molar-refractivity contribution < 1.29 is 124 Å². The van der Waals surface area contributed by atoms with Crippen LogP contribution in [0.4, 0.5) is 0 Å². The lowest BCUT2D eigenvalue weighted by Crippen LogP contribution is -2.65.